The summed E-state index contributed by atoms with van der Waals surface area (Å²) in [5.74, 6) is 0.0302. The van der Waals surface area contributed by atoms with Crippen LogP contribution in [0.1, 0.15) is 12.8 Å². The van der Waals surface area contributed by atoms with Crippen LogP contribution in [-0.4, -0.2) is 42.1 Å². The van der Waals surface area contributed by atoms with Gasteiger partial charge in [-0.1, -0.05) is 0 Å². The Labute approximate surface area is 100 Å². The molecule has 0 radical (unpaired) electrons. The molecule has 17 heavy (non-hydrogen) atoms. The van der Waals surface area contributed by atoms with E-state index < -0.39 is 16.1 Å². The van der Waals surface area contributed by atoms with Crippen molar-refractivity contribution in [3.63, 3.8) is 0 Å². The molecule has 0 bridgehead atoms. The minimum atomic E-state index is -3.55. The number of nitrogens with zero attached hydrogens (tertiary/aromatic N) is 1. The lowest BCUT2D eigenvalue weighted by Gasteiger charge is -2.29. The molecule has 0 aromatic heterocycles. The molecule has 0 aliphatic carbocycles. The second-order valence-electron chi connectivity index (χ2n) is 4.15. The number of aliphatic hydroxyl groups excluding tert-OH is 1. The highest BCUT2D eigenvalue weighted by atomic mass is 32.2. The Morgan fingerprint density at radius 3 is 2.47 bits per heavy atom. The summed E-state index contributed by atoms with van der Waals surface area (Å²) in [5, 5.41) is 18.6. The molecule has 1 unspecified atom stereocenters. The molecule has 94 valence electrons. The van der Waals surface area contributed by atoms with Crippen molar-refractivity contribution in [2.24, 2.45) is 0 Å². The molecular formula is C11H15NO4S. The first-order chi connectivity index (χ1) is 8.00. The van der Waals surface area contributed by atoms with E-state index in [4.69, 9.17) is 5.11 Å². The predicted molar refractivity (Wildman–Crippen MR) is 62.1 cm³/mol. The smallest absolute Gasteiger partial charge is 0.243 e. The van der Waals surface area contributed by atoms with E-state index in [-0.39, 0.29) is 17.2 Å². The topological polar surface area (TPSA) is 77.8 Å². The van der Waals surface area contributed by atoms with Gasteiger partial charge in [0.1, 0.15) is 5.75 Å². The highest BCUT2D eigenvalue weighted by Gasteiger charge is 2.29. The number of β-amino-alcohol motifs (C(OH)–C–C–N with tert-alkyl or cyclic N) is 1. The highest BCUT2D eigenvalue weighted by Crippen LogP contribution is 2.22. The van der Waals surface area contributed by atoms with Gasteiger partial charge in [-0.25, -0.2) is 8.42 Å². The zero-order valence-electron chi connectivity index (χ0n) is 9.28. The average molecular weight is 257 g/mol. The zero-order valence-corrected chi connectivity index (χ0v) is 10.1. The molecule has 1 aromatic rings. The Morgan fingerprint density at radius 2 is 1.88 bits per heavy atom. The number of hydrogen-bond acceptors (Lipinski definition) is 4. The fraction of sp³-hybridized carbons (Fsp3) is 0.455. The van der Waals surface area contributed by atoms with E-state index in [9.17, 15) is 13.5 Å². The molecule has 1 aromatic carbocycles. The van der Waals surface area contributed by atoms with Gasteiger partial charge in [-0.3, -0.25) is 0 Å². The van der Waals surface area contributed by atoms with Gasteiger partial charge in [0.2, 0.25) is 10.0 Å². The van der Waals surface area contributed by atoms with Crippen molar-refractivity contribution < 1.29 is 18.6 Å². The maximum absolute atomic E-state index is 12.2. The van der Waals surface area contributed by atoms with E-state index in [0.29, 0.717) is 19.4 Å². The Hall–Kier alpha value is -1.11. The van der Waals surface area contributed by atoms with Gasteiger partial charge in [0.15, 0.2) is 0 Å². The molecular weight excluding hydrogens is 242 g/mol. The number of phenolic OH excluding ortho intramolecular Hbond substituents is 1. The van der Waals surface area contributed by atoms with Crippen LogP contribution in [0.5, 0.6) is 5.75 Å². The maximum Gasteiger partial charge on any atom is 0.243 e. The number of sulfonamides is 1. The second-order valence-corrected chi connectivity index (χ2v) is 6.09. The SMILES string of the molecule is O=S(=O)(c1ccc(O)cc1)N1CCCC(O)C1. The summed E-state index contributed by atoms with van der Waals surface area (Å²) in [6.07, 6.45) is 0.718. The van der Waals surface area contributed by atoms with Crippen molar-refractivity contribution in [3.8, 4) is 5.75 Å². The average Bonchev–Trinajstić information content (AvgIpc) is 2.29. The van der Waals surface area contributed by atoms with Crippen molar-refractivity contribution in [3.05, 3.63) is 24.3 Å². The first-order valence-corrected chi connectivity index (χ1v) is 6.91. The normalized spacial score (nSPS) is 22.5. The third-order valence-electron chi connectivity index (χ3n) is 2.83. The van der Waals surface area contributed by atoms with Crippen LogP contribution in [-0.2, 0) is 10.0 Å². The monoisotopic (exact) mass is 257 g/mol. The Bertz CT molecular complexity index is 483. The van der Waals surface area contributed by atoms with E-state index in [1.165, 1.54) is 28.6 Å². The van der Waals surface area contributed by atoms with Crippen LogP contribution in [0.25, 0.3) is 0 Å². The maximum atomic E-state index is 12.2. The first-order valence-electron chi connectivity index (χ1n) is 5.47. The molecule has 0 saturated carbocycles. The minimum Gasteiger partial charge on any atom is -0.508 e. The third-order valence-corrected chi connectivity index (χ3v) is 4.71. The fourth-order valence-electron chi connectivity index (χ4n) is 1.91. The number of benzene rings is 1. The Balaban J connectivity index is 2.26. The number of aliphatic hydroxyl groups is 1. The molecule has 5 nitrogen and oxygen atoms in total. The summed E-state index contributed by atoms with van der Waals surface area (Å²) in [6.45, 7) is 0.573. The Kier molecular flexibility index (Phi) is 3.37. The lowest BCUT2D eigenvalue weighted by Crippen LogP contribution is -2.42. The van der Waals surface area contributed by atoms with Crippen LogP contribution >= 0.6 is 0 Å². The lowest BCUT2D eigenvalue weighted by atomic mass is 10.1. The van der Waals surface area contributed by atoms with Crippen LogP contribution in [0.4, 0.5) is 0 Å². The predicted octanol–water partition coefficient (Wildman–Crippen LogP) is 0.538. The van der Waals surface area contributed by atoms with Crippen molar-refractivity contribution in [2.45, 2.75) is 23.8 Å². The molecule has 1 saturated heterocycles. The van der Waals surface area contributed by atoms with E-state index in [1.54, 1.807) is 0 Å². The summed E-state index contributed by atoms with van der Waals surface area (Å²) in [7, 11) is -3.55. The summed E-state index contributed by atoms with van der Waals surface area (Å²) >= 11 is 0. The summed E-state index contributed by atoms with van der Waals surface area (Å²) in [6, 6.07) is 5.41. The molecule has 1 aliphatic rings. The van der Waals surface area contributed by atoms with E-state index >= 15 is 0 Å². The van der Waals surface area contributed by atoms with Crippen LogP contribution < -0.4 is 0 Å². The number of rotatable bonds is 2. The van der Waals surface area contributed by atoms with Gasteiger partial charge < -0.3 is 10.2 Å². The number of hydrogen-bond donors (Lipinski definition) is 2. The quantitative estimate of drug-likeness (QED) is 0.810. The minimum absolute atomic E-state index is 0.0302. The van der Waals surface area contributed by atoms with Crippen molar-refractivity contribution in [1.29, 1.82) is 0 Å². The number of aromatic hydroxyl groups is 1. The van der Waals surface area contributed by atoms with Gasteiger partial charge in [0.25, 0.3) is 0 Å². The van der Waals surface area contributed by atoms with E-state index in [2.05, 4.69) is 0 Å². The van der Waals surface area contributed by atoms with Crippen LogP contribution in [0.15, 0.2) is 29.2 Å². The fourth-order valence-corrected chi connectivity index (χ4v) is 3.42. The van der Waals surface area contributed by atoms with Crippen molar-refractivity contribution in [1.82, 2.24) is 4.31 Å². The van der Waals surface area contributed by atoms with Gasteiger partial charge in [0, 0.05) is 13.1 Å². The van der Waals surface area contributed by atoms with Gasteiger partial charge in [-0.05, 0) is 37.1 Å². The van der Waals surface area contributed by atoms with Crippen LogP contribution in [0, 0.1) is 0 Å². The van der Waals surface area contributed by atoms with Gasteiger partial charge in [-0.2, -0.15) is 4.31 Å². The van der Waals surface area contributed by atoms with E-state index in [0.717, 1.165) is 0 Å². The first kappa shape index (κ1) is 12.3. The van der Waals surface area contributed by atoms with Gasteiger partial charge in [-0.15, -0.1) is 0 Å². The zero-order chi connectivity index (χ0) is 12.5. The Morgan fingerprint density at radius 1 is 1.24 bits per heavy atom. The molecule has 6 heteroatoms. The summed E-state index contributed by atoms with van der Waals surface area (Å²) < 4.78 is 25.6. The standard InChI is InChI=1S/C11H15NO4S/c13-9-3-5-11(6-4-9)17(15,16)12-7-1-2-10(14)8-12/h3-6,10,13-14H,1-2,7-8H2. The molecule has 2 N–H and O–H groups in total. The largest absolute Gasteiger partial charge is 0.508 e. The van der Waals surface area contributed by atoms with Crippen molar-refractivity contribution in [2.75, 3.05) is 13.1 Å². The lowest BCUT2D eigenvalue weighted by molar-refractivity contribution is 0.108. The molecule has 1 aliphatic heterocycles. The molecule has 1 atom stereocenters. The van der Waals surface area contributed by atoms with Crippen LogP contribution in [0.3, 0.4) is 0 Å². The molecule has 1 fully saturated rings. The van der Waals surface area contributed by atoms with E-state index in [1.807, 2.05) is 0 Å². The second kappa shape index (κ2) is 4.64. The number of phenols is 1. The molecule has 1 heterocycles. The highest BCUT2D eigenvalue weighted by molar-refractivity contribution is 7.89. The summed E-state index contributed by atoms with van der Waals surface area (Å²) in [5.41, 5.74) is 0. The van der Waals surface area contributed by atoms with Gasteiger partial charge >= 0.3 is 0 Å². The van der Waals surface area contributed by atoms with Gasteiger partial charge in [0.05, 0.1) is 11.0 Å². The third kappa shape index (κ3) is 2.59. The molecule has 2 rings (SSSR count). The summed E-state index contributed by atoms with van der Waals surface area (Å²) in [4.78, 5) is 0.143. The number of piperidine rings is 1. The van der Waals surface area contributed by atoms with Crippen LogP contribution in [0.2, 0.25) is 0 Å². The molecule has 0 spiro atoms. The molecule has 0 amide bonds. The van der Waals surface area contributed by atoms with Crippen molar-refractivity contribution >= 4 is 10.0 Å².